The van der Waals surface area contributed by atoms with Gasteiger partial charge in [0, 0.05) is 72.9 Å². The number of anilines is 2. The smallest absolute Gasteiger partial charge is 0.416 e. The molecule has 4 atom stereocenters. The van der Waals surface area contributed by atoms with E-state index in [4.69, 9.17) is 32.4 Å². The first-order valence-corrected chi connectivity index (χ1v) is 21.3. The van der Waals surface area contributed by atoms with Crippen molar-refractivity contribution < 1.29 is 40.6 Å². The first-order valence-electron chi connectivity index (χ1n) is 21.3. The van der Waals surface area contributed by atoms with Crippen LogP contribution in [0.1, 0.15) is 58.3 Å². The van der Waals surface area contributed by atoms with Gasteiger partial charge in [0.1, 0.15) is 13.2 Å². The van der Waals surface area contributed by atoms with Gasteiger partial charge in [-0.3, -0.25) is 14.6 Å². The zero-order valence-corrected chi connectivity index (χ0v) is 35.6. The van der Waals surface area contributed by atoms with Gasteiger partial charge < -0.3 is 32.4 Å². The van der Waals surface area contributed by atoms with Crippen molar-refractivity contribution in [1.29, 1.82) is 0 Å². The summed E-state index contributed by atoms with van der Waals surface area (Å²) in [5.74, 6) is 0.220. The van der Waals surface area contributed by atoms with Gasteiger partial charge in [-0.1, -0.05) is 84.9 Å². The van der Waals surface area contributed by atoms with E-state index in [0.29, 0.717) is 61.3 Å². The number of halogens is 6. The van der Waals surface area contributed by atoms with Crippen LogP contribution in [-0.2, 0) is 30.4 Å². The van der Waals surface area contributed by atoms with Crippen LogP contribution in [0.3, 0.4) is 0 Å². The summed E-state index contributed by atoms with van der Waals surface area (Å²) in [6.45, 7) is 1.44. The van der Waals surface area contributed by atoms with E-state index in [0.717, 1.165) is 23.3 Å². The van der Waals surface area contributed by atoms with Crippen LogP contribution in [-0.4, -0.2) is 63.8 Å². The topological polar surface area (TPSA) is 172 Å². The summed E-state index contributed by atoms with van der Waals surface area (Å²) < 4.78 is 93.4. The first-order chi connectivity index (χ1) is 31.5. The number of alkyl halides is 6. The molecule has 2 aromatic heterocycles. The third kappa shape index (κ3) is 10.3. The van der Waals surface area contributed by atoms with E-state index in [1.54, 1.807) is 24.5 Å². The van der Waals surface area contributed by atoms with Crippen LogP contribution < -0.4 is 32.4 Å². The molecule has 2 fully saturated rings. The molecule has 4 heterocycles. The van der Waals surface area contributed by atoms with E-state index < -0.39 is 35.6 Å². The Labute approximate surface area is 377 Å². The lowest BCUT2D eigenvalue weighted by molar-refractivity contribution is -0.139. The Hall–Kier alpha value is -6.53. The van der Waals surface area contributed by atoms with Crippen LogP contribution >= 0.6 is 0 Å². The van der Waals surface area contributed by atoms with Crippen LogP contribution in [0.4, 0.5) is 38.0 Å². The number of pyridine rings is 2. The molecule has 0 radical (unpaired) electrons. The number of carbonyl (C=O) groups excluding carboxylic acids is 1. The number of hydrogen-bond acceptors (Lipinski definition) is 11. The number of hydrogen-bond donors (Lipinski definition) is 4. The van der Waals surface area contributed by atoms with E-state index in [2.05, 4.69) is 19.8 Å². The van der Waals surface area contributed by atoms with Crippen LogP contribution in [0.2, 0.25) is 0 Å². The summed E-state index contributed by atoms with van der Waals surface area (Å²) >= 11 is 0. The molecule has 2 unspecified atom stereocenters. The van der Waals surface area contributed by atoms with Crippen LogP contribution in [0.5, 0.6) is 11.5 Å². The highest BCUT2D eigenvalue weighted by atomic mass is 19.4. The molecule has 0 bridgehead atoms. The fourth-order valence-electron chi connectivity index (χ4n) is 8.69. The van der Waals surface area contributed by atoms with Crippen molar-refractivity contribution in [3.05, 3.63) is 155 Å². The molecule has 0 spiro atoms. The number of ether oxygens (including phenoxy) is 2. The number of benzene rings is 4. The Morgan fingerprint density at radius 3 is 1.32 bits per heavy atom. The zero-order chi connectivity index (χ0) is 46.8. The molecule has 2 aliphatic heterocycles. The number of nitrogen functional groups attached to an aromatic ring is 2. The van der Waals surface area contributed by atoms with Crippen molar-refractivity contribution in [2.45, 2.75) is 62.6 Å². The molecule has 17 heteroatoms. The summed E-state index contributed by atoms with van der Waals surface area (Å²) in [5.41, 5.74) is 27.5. The summed E-state index contributed by atoms with van der Waals surface area (Å²) in [4.78, 5) is 28.0. The number of carbonyl (C=O) groups is 1. The SMILES string of the molecule is Nc1ncc(-c2ccc(C(C(=O)C(c3ccc(-c4cnc(N)c(OCc5ccccc5C(F)(F)F)c4)cc3)N3CC[C@H](N)C3)N3CC[C@H](N)C3)cc2)cc1OCc1ccccc1C(F)(F)F. The van der Waals surface area contributed by atoms with E-state index in [1.807, 2.05) is 48.5 Å². The van der Waals surface area contributed by atoms with Crippen molar-refractivity contribution in [1.82, 2.24) is 19.8 Å². The van der Waals surface area contributed by atoms with E-state index in [-0.39, 0.29) is 65.3 Å². The van der Waals surface area contributed by atoms with Gasteiger partial charge in [0.25, 0.3) is 0 Å². The van der Waals surface area contributed by atoms with Crippen LogP contribution in [0.15, 0.2) is 122 Å². The number of aromatic nitrogens is 2. The first kappa shape index (κ1) is 46.0. The number of ketones is 1. The molecular weight excluding hydrogens is 863 g/mol. The molecule has 2 aliphatic rings. The highest BCUT2D eigenvalue weighted by Gasteiger charge is 2.41. The molecule has 6 aromatic rings. The van der Waals surface area contributed by atoms with Gasteiger partial charge in [-0.2, -0.15) is 26.3 Å². The largest absolute Gasteiger partial charge is 0.485 e. The van der Waals surface area contributed by atoms with Crippen molar-refractivity contribution in [2.24, 2.45) is 11.5 Å². The minimum Gasteiger partial charge on any atom is -0.485 e. The minimum atomic E-state index is -4.55. The molecule has 66 heavy (non-hydrogen) atoms. The van der Waals surface area contributed by atoms with Gasteiger partial charge in [-0.25, -0.2) is 9.97 Å². The fraction of sp³-hybridized carbons (Fsp3) is 0.286. The van der Waals surface area contributed by atoms with Gasteiger partial charge >= 0.3 is 12.4 Å². The maximum atomic E-state index is 15.3. The highest BCUT2D eigenvalue weighted by Crippen LogP contribution is 2.39. The van der Waals surface area contributed by atoms with Gasteiger partial charge in [0.05, 0.1) is 23.2 Å². The normalized spacial score (nSPS) is 18.0. The van der Waals surface area contributed by atoms with Crippen molar-refractivity contribution in [2.75, 3.05) is 37.6 Å². The number of rotatable bonds is 14. The standard InChI is InChI=1S/C49H48F6N8O3/c50-48(51,52)39-7-3-1-5-33(39)27-65-41-21-35(23-60-46(41)58)29-9-13-31(14-10-29)43(62-19-17-37(56)25-62)45(64)44(63-20-18-38(57)26-63)32-15-11-30(12-16-32)36-22-42(47(59)61-24-36)66-28-34-6-2-4-8-40(34)49(53,54)55/h1-16,21-24,37-38,43-44H,17-20,25-28,56-57H2,(H2,58,60)(H2,59,61)/t37-,38-,43?,44?/m0/s1. The summed E-state index contributed by atoms with van der Waals surface area (Å²) in [7, 11) is 0. The number of nitrogens with zero attached hydrogens (tertiary/aromatic N) is 4. The Balaban J connectivity index is 1.05. The number of Topliss-reactive ketones (excluding diaryl/α,β-unsaturated/α-hetero) is 1. The Morgan fingerprint density at radius 1 is 0.591 bits per heavy atom. The molecule has 0 aliphatic carbocycles. The molecule has 4 aromatic carbocycles. The molecule has 8 rings (SSSR count). The summed E-state index contributed by atoms with van der Waals surface area (Å²) in [5, 5.41) is 0. The third-order valence-electron chi connectivity index (χ3n) is 12.1. The molecule has 8 N–H and O–H groups in total. The van der Waals surface area contributed by atoms with Crippen molar-refractivity contribution in [3.63, 3.8) is 0 Å². The molecule has 344 valence electrons. The lowest BCUT2D eigenvalue weighted by Gasteiger charge is -2.34. The van der Waals surface area contributed by atoms with E-state index in [9.17, 15) is 26.3 Å². The monoisotopic (exact) mass is 910 g/mol. The molecule has 2 saturated heterocycles. The van der Waals surface area contributed by atoms with Crippen LogP contribution in [0.25, 0.3) is 22.3 Å². The molecular formula is C49H48F6N8O3. The Bertz CT molecular complexity index is 2480. The molecule has 11 nitrogen and oxygen atoms in total. The maximum absolute atomic E-state index is 15.3. The molecule has 0 saturated carbocycles. The highest BCUT2D eigenvalue weighted by molar-refractivity contribution is 5.91. The average molecular weight is 911 g/mol. The van der Waals surface area contributed by atoms with Crippen LogP contribution in [0, 0.1) is 0 Å². The van der Waals surface area contributed by atoms with Crippen molar-refractivity contribution >= 4 is 17.4 Å². The van der Waals surface area contributed by atoms with Gasteiger partial charge in [0.15, 0.2) is 28.9 Å². The number of nitrogens with two attached hydrogens (primary N) is 4. The quantitative estimate of drug-likeness (QED) is 0.0772. The van der Waals surface area contributed by atoms with Gasteiger partial charge in [-0.15, -0.1) is 0 Å². The van der Waals surface area contributed by atoms with E-state index >= 15 is 4.79 Å². The Morgan fingerprint density at radius 2 is 0.970 bits per heavy atom. The van der Waals surface area contributed by atoms with Gasteiger partial charge in [-0.05, 0) is 59.4 Å². The third-order valence-corrected chi connectivity index (χ3v) is 12.1. The predicted octanol–water partition coefficient (Wildman–Crippen LogP) is 8.59. The fourth-order valence-corrected chi connectivity index (χ4v) is 8.69. The van der Waals surface area contributed by atoms with E-state index in [1.165, 1.54) is 36.4 Å². The number of likely N-dealkylation sites (tertiary alicyclic amines) is 2. The second kappa shape index (κ2) is 19.1. The molecule has 0 amide bonds. The lowest BCUT2D eigenvalue weighted by Crippen LogP contribution is -2.42. The predicted molar refractivity (Wildman–Crippen MR) is 239 cm³/mol. The average Bonchev–Trinajstić information content (AvgIpc) is 3.93. The maximum Gasteiger partial charge on any atom is 0.416 e. The van der Waals surface area contributed by atoms with Gasteiger partial charge in [0.2, 0.25) is 0 Å². The van der Waals surface area contributed by atoms with Crippen molar-refractivity contribution in [3.8, 4) is 33.8 Å². The summed E-state index contributed by atoms with van der Waals surface area (Å²) in [6, 6.07) is 26.9. The summed E-state index contributed by atoms with van der Waals surface area (Å²) in [6.07, 6.45) is -4.60. The second-order valence-corrected chi connectivity index (χ2v) is 16.6. The second-order valence-electron chi connectivity index (χ2n) is 16.6. The lowest BCUT2D eigenvalue weighted by atomic mass is 9.90. The Kier molecular flexibility index (Phi) is 13.3. The zero-order valence-electron chi connectivity index (χ0n) is 35.6. The minimum absolute atomic E-state index is 0.0188.